The number of aryl methyl sites for hydroxylation is 2. The van der Waals surface area contributed by atoms with Crippen molar-refractivity contribution in [2.75, 3.05) is 13.6 Å². The number of nitrogens with one attached hydrogen (secondary N) is 2. The summed E-state index contributed by atoms with van der Waals surface area (Å²) in [5, 5.41) is 11.6. The Bertz CT molecular complexity index is 683. The van der Waals surface area contributed by atoms with Crippen LogP contribution in [0.15, 0.2) is 41.5 Å². The van der Waals surface area contributed by atoms with E-state index in [0.29, 0.717) is 6.04 Å². The second-order valence-electron chi connectivity index (χ2n) is 6.75. The summed E-state index contributed by atoms with van der Waals surface area (Å²) in [5.74, 6) is 0.934. The largest absolute Gasteiger partial charge is 0.356 e. The van der Waals surface area contributed by atoms with Gasteiger partial charge in [-0.3, -0.25) is 4.99 Å². The molecule has 0 radical (unpaired) electrons. The third kappa shape index (κ3) is 4.84. The maximum atomic E-state index is 4.64. The number of nitrogens with zero attached hydrogens (tertiary/aromatic N) is 3. The zero-order chi connectivity index (χ0) is 17.5. The summed E-state index contributed by atoms with van der Waals surface area (Å²) in [4.78, 5) is 4.34. The van der Waals surface area contributed by atoms with Crippen LogP contribution >= 0.6 is 0 Å². The first kappa shape index (κ1) is 17.5. The van der Waals surface area contributed by atoms with Crippen LogP contribution in [0.2, 0.25) is 0 Å². The van der Waals surface area contributed by atoms with E-state index in [-0.39, 0.29) is 0 Å². The number of para-hydroxylation sites is 1. The lowest BCUT2D eigenvalue weighted by Gasteiger charge is -2.16. The minimum absolute atomic E-state index is 0.595. The van der Waals surface area contributed by atoms with Crippen LogP contribution in [0.3, 0.4) is 0 Å². The first-order chi connectivity index (χ1) is 12.3. The molecule has 0 unspecified atom stereocenters. The summed E-state index contributed by atoms with van der Waals surface area (Å²) in [5.41, 5.74) is 3.53. The lowest BCUT2D eigenvalue weighted by molar-refractivity contribution is 0.610. The maximum Gasteiger partial charge on any atom is 0.191 e. The Morgan fingerprint density at radius 3 is 2.72 bits per heavy atom. The predicted octanol–water partition coefficient (Wildman–Crippen LogP) is 3.22. The Morgan fingerprint density at radius 1 is 1.24 bits per heavy atom. The molecule has 2 aromatic rings. The van der Waals surface area contributed by atoms with Gasteiger partial charge in [-0.15, -0.1) is 0 Å². The van der Waals surface area contributed by atoms with E-state index in [1.165, 1.54) is 31.2 Å². The molecule has 5 heteroatoms. The van der Waals surface area contributed by atoms with Crippen molar-refractivity contribution in [3.8, 4) is 5.69 Å². The van der Waals surface area contributed by atoms with E-state index in [2.05, 4.69) is 46.0 Å². The van der Waals surface area contributed by atoms with E-state index in [1.54, 1.807) is 0 Å². The van der Waals surface area contributed by atoms with Gasteiger partial charge in [-0.1, -0.05) is 31.0 Å². The Kier molecular flexibility index (Phi) is 6.09. The highest BCUT2D eigenvalue weighted by molar-refractivity contribution is 5.79. The molecule has 3 rings (SSSR count). The highest BCUT2D eigenvalue weighted by Gasteiger charge is 2.15. The lowest BCUT2D eigenvalue weighted by atomic mass is 10.1. The second kappa shape index (κ2) is 8.70. The van der Waals surface area contributed by atoms with Crippen molar-refractivity contribution in [2.45, 2.75) is 51.5 Å². The lowest BCUT2D eigenvalue weighted by Crippen LogP contribution is -2.42. The van der Waals surface area contributed by atoms with Crippen molar-refractivity contribution in [1.82, 2.24) is 20.4 Å². The highest BCUT2D eigenvalue weighted by atomic mass is 15.3. The minimum Gasteiger partial charge on any atom is -0.356 e. The number of aromatic nitrogens is 2. The Balaban J connectivity index is 1.46. The fraction of sp³-hybridized carbons (Fsp3) is 0.500. The topological polar surface area (TPSA) is 54.2 Å². The van der Waals surface area contributed by atoms with E-state index in [0.717, 1.165) is 36.7 Å². The summed E-state index contributed by atoms with van der Waals surface area (Å²) in [7, 11) is 1.85. The monoisotopic (exact) mass is 339 g/mol. The van der Waals surface area contributed by atoms with Crippen LogP contribution in [0.25, 0.3) is 5.69 Å². The molecule has 0 saturated heterocycles. The van der Waals surface area contributed by atoms with Crippen molar-refractivity contribution in [1.29, 1.82) is 0 Å². The third-order valence-electron chi connectivity index (χ3n) is 4.86. The SMILES string of the molecule is CN=C(NCCCc1cn(-c2ccccc2)nc1C)NC1CCCC1. The van der Waals surface area contributed by atoms with Crippen LogP contribution < -0.4 is 10.6 Å². The predicted molar refractivity (Wildman–Crippen MR) is 103 cm³/mol. The van der Waals surface area contributed by atoms with E-state index in [9.17, 15) is 0 Å². The molecule has 1 fully saturated rings. The van der Waals surface area contributed by atoms with E-state index in [1.807, 2.05) is 29.9 Å². The van der Waals surface area contributed by atoms with Crippen LogP contribution in [0, 0.1) is 6.92 Å². The molecule has 1 aliphatic rings. The highest BCUT2D eigenvalue weighted by Crippen LogP contribution is 2.17. The van der Waals surface area contributed by atoms with Gasteiger partial charge in [0.1, 0.15) is 0 Å². The van der Waals surface area contributed by atoms with Gasteiger partial charge in [0.05, 0.1) is 11.4 Å². The number of aliphatic imine (C=N–C) groups is 1. The van der Waals surface area contributed by atoms with Gasteiger partial charge in [0.2, 0.25) is 0 Å². The number of hydrogen-bond acceptors (Lipinski definition) is 2. The fourth-order valence-corrected chi connectivity index (χ4v) is 3.40. The zero-order valence-electron chi connectivity index (χ0n) is 15.3. The summed E-state index contributed by atoms with van der Waals surface area (Å²) < 4.78 is 1.97. The number of hydrogen-bond donors (Lipinski definition) is 2. The maximum absolute atomic E-state index is 4.64. The summed E-state index contributed by atoms with van der Waals surface area (Å²) in [6.07, 6.45) is 9.42. The Hall–Kier alpha value is -2.30. The number of guanidine groups is 1. The molecule has 0 aliphatic heterocycles. The van der Waals surface area contributed by atoms with Crippen LogP contribution in [0.1, 0.15) is 43.4 Å². The zero-order valence-corrected chi connectivity index (χ0v) is 15.3. The van der Waals surface area contributed by atoms with Crippen LogP contribution in [0.4, 0.5) is 0 Å². The van der Waals surface area contributed by atoms with Crippen molar-refractivity contribution >= 4 is 5.96 Å². The molecule has 25 heavy (non-hydrogen) atoms. The van der Waals surface area contributed by atoms with Gasteiger partial charge in [-0.25, -0.2) is 4.68 Å². The standard InChI is InChI=1S/C20H29N5/c1-16-17(15-25(24-16)19-12-4-3-5-13-19)9-8-14-22-20(21-2)23-18-10-6-7-11-18/h3-5,12-13,15,18H,6-11,14H2,1-2H3,(H2,21,22,23). The fourth-order valence-electron chi connectivity index (χ4n) is 3.40. The molecule has 1 heterocycles. The van der Waals surface area contributed by atoms with Gasteiger partial charge in [0.15, 0.2) is 5.96 Å². The molecule has 0 spiro atoms. The summed E-state index contributed by atoms with van der Waals surface area (Å²) >= 11 is 0. The van der Waals surface area contributed by atoms with E-state index < -0.39 is 0 Å². The molecule has 1 saturated carbocycles. The van der Waals surface area contributed by atoms with Gasteiger partial charge in [0, 0.05) is 25.8 Å². The molecule has 2 N–H and O–H groups in total. The molecule has 5 nitrogen and oxygen atoms in total. The molecule has 0 atom stereocenters. The first-order valence-electron chi connectivity index (χ1n) is 9.34. The quantitative estimate of drug-likeness (QED) is 0.483. The second-order valence-corrected chi connectivity index (χ2v) is 6.75. The van der Waals surface area contributed by atoms with Gasteiger partial charge in [-0.05, 0) is 50.3 Å². The molecule has 0 bridgehead atoms. The molecule has 1 aromatic carbocycles. The van der Waals surface area contributed by atoms with E-state index >= 15 is 0 Å². The Morgan fingerprint density at radius 2 is 2.00 bits per heavy atom. The third-order valence-corrected chi connectivity index (χ3v) is 4.86. The van der Waals surface area contributed by atoms with Crippen molar-refractivity contribution in [3.05, 3.63) is 47.8 Å². The summed E-state index contributed by atoms with van der Waals surface area (Å²) in [6.45, 7) is 3.01. The molecule has 0 amide bonds. The average Bonchev–Trinajstić information content (AvgIpc) is 3.28. The molecular weight excluding hydrogens is 310 g/mol. The van der Waals surface area contributed by atoms with Crippen LogP contribution in [-0.4, -0.2) is 35.4 Å². The Labute approximate surface area is 150 Å². The van der Waals surface area contributed by atoms with Gasteiger partial charge >= 0.3 is 0 Å². The van der Waals surface area contributed by atoms with E-state index in [4.69, 9.17) is 0 Å². The van der Waals surface area contributed by atoms with Crippen molar-refractivity contribution in [3.63, 3.8) is 0 Å². The molecule has 134 valence electrons. The number of benzene rings is 1. The van der Waals surface area contributed by atoms with Crippen molar-refractivity contribution in [2.24, 2.45) is 4.99 Å². The van der Waals surface area contributed by atoms with Crippen LogP contribution in [-0.2, 0) is 6.42 Å². The van der Waals surface area contributed by atoms with Crippen LogP contribution in [0.5, 0.6) is 0 Å². The van der Waals surface area contributed by atoms with Gasteiger partial charge in [0.25, 0.3) is 0 Å². The van der Waals surface area contributed by atoms with Crippen molar-refractivity contribution < 1.29 is 0 Å². The molecule has 1 aromatic heterocycles. The normalized spacial score (nSPS) is 15.5. The van der Waals surface area contributed by atoms with Gasteiger partial charge < -0.3 is 10.6 Å². The van der Waals surface area contributed by atoms with Gasteiger partial charge in [-0.2, -0.15) is 5.10 Å². The smallest absolute Gasteiger partial charge is 0.191 e. The minimum atomic E-state index is 0.595. The first-order valence-corrected chi connectivity index (χ1v) is 9.34. The molecular formula is C20H29N5. The summed E-state index contributed by atoms with van der Waals surface area (Å²) in [6, 6.07) is 10.9. The number of rotatable bonds is 6. The average molecular weight is 339 g/mol. The molecule has 1 aliphatic carbocycles.